The number of ether oxygens (including phenoxy) is 2. The van der Waals surface area contributed by atoms with E-state index in [2.05, 4.69) is 6.92 Å². The third-order valence-corrected chi connectivity index (χ3v) is 2.59. The third kappa shape index (κ3) is 5.04. The molecule has 0 saturated heterocycles. The van der Waals surface area contributed by atoms with Gasteiger partial charge in [0.05, 0.1) is 7.11 Å². The van der Waals surface area contributed by atoms with Crippen molar-refractivity contribution in [2.45, 2.75) is 27.4 Å². The second kappa shape index (κ2) is 8.20. The topological polar surface area (TPSA) is 18.5 Å². The molecule has 0 atom stereocenters. The quantitative estimate of drug-likeness (QED) is 0.797. The molecule has 0 radical (unpaired) electrons. The van der Waals surface area contributed by atoms with Crippen LogP contribution in [-0.4, -0.2) is 7.11 Å². The number of aryl methyl sites for hydroxylation is 1. The van der Waals surface area contributed by atoms with Crippen LogP contribution in [0.5, 0.6) is 11.5 Å². The first-order chi connectivity index (χ1) is 9.28. The highest BCUT2D eigenvalue weighted by Gasteiger charge is 1.96. The lowest BCUT2D eigenvalue weighted by Crippen LogP contribution is -1.95. The van der Waals surface area contributed by atoms with Crippen molar-refractivity contribution in [2.24, 2.45) is 0 Å². The molecule has 0 aliphatic rings. The van der Waals surface area contributed by atoms with Gasteiger partial charge in [0.25, 0.3) is 0 Å². The summed E-state index contributed by atoms with van der Waals surface area (Å²) in [5.74, 6) is 1.76. The first-order valence-corrected chi connectivity index (χ1v) is 6.60. The minimum absolute atomic E-state index is 0.576. The van der Waals surface area contributed by atoms with E-state index in [-0.39, 0.29) is 0 Å². The van der Waals surface area contributed by atoms with Crippen molar-refractivity contribution < 1.29 is 9.47 Å². The Balaban J connectivity index is 0.000000861. The first-order valence-electron chi connectivity index (χ1n) is 6.60. The van der Waals surface area contributed by atoms with Gasteiger partial charge in [0.1, 0.15) is 18.1 Å². The molecule has 2 rings (SSSR count). The van der Waals surface area contributed by atoms with Crippen LogP contribution < -0.4 is 9.47 Å². The highest BCUT2D eigenvalue weighted by Crippen LogP contribution is 2.15. The summed E-state index contributed by atoms with van der Waals surface area (Å²) in [5.41, 5.74) is 2.37. The molecule has 0 aliphatic heterocycles. The van der Waals surface area contributed by atoms with Crippen molar-refractivity contribution in [3.63, 3.8) is 0 Å². The van der Waals surface area contributed by atoms with E-state index in [0.717, 1.165) is 17.1 Å². The van der Waals surface area contributed by atoms with Gasteiger partial charge in [-0.25, -0.2) is 0 Å². The lowest BCUT2D eigenvalue weighted by molar-refractivity contribution is 0.306. The molecule has 102 valence electrons. The normalized spacial score (nSPS) is 9.26. The molecule has 0 N–H and O–H groups in total. The Morgan fingerprint density at radius 2 is 1.32 bits per heavy atom. The van der Waals surface area contributed by atoms with Gasteiger partial charge in [-0.15, -0.1) is 0 Å². The van der Waals surface area contributed by atoms with Crippen molar-refractivity contribution in [3.05, 3.63) is 59.7 Å². The molecule has 2 heteroatoms. The molecule has 0 unspecified atom stereocenters. The van der Waals surface area contributed by atoms with E-state index < -0.39 is 0 Å². The van der Waals surface area contributed by atoms with Crippen LogP contribution in [0.2, 0.25) is 0 Å². The zero-order valence-corrected chi connectivity index (χ0v) is 12.1. The molecule has 2 aromatic carbocycles. The van der Waals surface area contributed by atoms with E-state index in [0.29, 0.717) is 6.61 Å². The smallest absolute Gasteiger partial charge is 0.119 e. The molecule has 2 nitrogen and oxygen atoms in total. The fourth-order valence-corrected chi connectivity index (χ4v) is 1.52. The van der Waals surface area contributed by atoms with Gasteiger partial charge in [0.2, 0.25) is 0 Å². The van der Waals surface area contributed by atoms with Gasteiger partial charge in [0, 0.05) is 0 Å². The lowest BCUT2D eigenvalue weighted by Gasteiger charge is -2.07. The molecule has 0 amide bonds. The van der Waals surface area contributed by atoms with Crippen molar-refractivity contribution >= 4 is 0 Å². The number of methoxy groups -OCH3 is 1. The van der Waals surface area contributed by atoms with Crippen LogP contribution in [0.3, 0.4) is 0 Å². The average molecular weight is 258 g/mol. The second-order valence-corrected chi connectivity index (χ2v) is 3.95. The number of hydrogen-bond donors (Lipinski definition) is 0. The minimum atomic E-state index is 0.576. The zero-order chi connectivity index (χ0) is 14.1. The van der Waals surface area contributed by atoms with Gasteiger partial charge >= 0.3 is 0 Å². The van der Waals surface area contributed by atoms with Gasteiger partial charge in [-0.2, -0.15) is 0 Å². The first kappa shape index (κ1) is 15.1. The van der Waals surface area contributed by atoms with Crippen LogP contribution >= 0.6 is 0 Å². The zero-order valence-electron chi connectivity index (χ0n) is 12.1. The highest BCUT2D eigenvalue weighted by atomic mass is 16.5. The molecule has 0 aromatic heterocycles. The lowest BCUT2D eigenvalue weighted by atomic mass is 10.2. The second-order valence-electron chi connectivity index (χ2n) is 3.95. The van der Waals surface area contributed by atoms with Crippen molar-refractivity contribution in [1.29, 1.82) is 0 Å². The Bertz CT molecular complexity index is 458. The Hall–Kier alpha value is -1.96. The van der Waals surface area contributed by atoms with Crippen LogP contribution in [0.15, 0.2) is 48.5 Å². The van der Waals surface area contributed by atoms with Gasteiger partial charge < -0.3 is 9.47 Å². The minimum Gasteiger partial charge on any atom is -0.497 e. The Morgan fingerprint density at radius 3 is 1.84 bits per heavy atom. The summed E-state index contributed by atoms with van der Waals surface area (Å²) in [7, 11) is 1.66. The number of rotatable bonds is 4. The van der Waals surface area contributed by atoms with E-state index in [1.54, 1.807) is 7.11 Å². The summed E-state index contributed by atoms with van der Waals surface area (Å²) in [6.45, 7) is 6.64. The maximum Gasteiger partial charge on any atom is 0.119 e. The molecular formula is C17H22O2. The Labute approximate surface area is 116 Å². The van der Waals surface area contributed by atoms with E-state index in [1.807, 2.05) is 62.4 Å². The standard InChI is InChI=1S/C15H16O2.C2H6/c1-12-3-7-15(8-4-12)17-11-13-5-9-14(16-2)10-6-13;1-2/h3-10H,11H2,1-2H3;1-2H3. The van der Waals surface area contributed by atoms with Gasteiger partial charge in [-0.05, 0) is 36.8 Å². The molecule has 0 spiro atoms. The average Bonchev–Trinajstić information content (AvgIpc) is 2.49. The van der Waals surface area contributed by atoms with Gasteiger partial charge in [-0.1, -0.05) is 43.7 Å². The predicted molar refractivity (Wildman–Crippen MR) is 79.9 cm³/mol. The molecule has 0 bridgehead atoms. The number of hydrogen-bond acceptors (Lipinski definition) is 2. The predicted octanol–water partition coefficient (Wildman–Crippen LogP) is 4.61. The van der Waals surface area contributed by atoms with Crippen LogP contribution in [0.1, 0.15) is 25.0 Å². The van der Waals surface area contributed by atoms with Crippen LogP contribution in [-0.2, 0) is 6.61 Å². The van der Waals surface area contributed by atoms with E-state index in [4.69, 9.17) is 9.47 Å². The molecule has 19 heavy (non-hydrogen) atoms. The van der Waals surface area contributed by atoms with Crippen molar-refractivity contribution in [1.82, 2.24) is 0 Å². The van der Waals surface area contributed by atoms with E-state index in [1.165, 1.54) is 5.56 Å². The van der Waals surface area contributed by atoms with E-state index in [9.17, 15) is 0 Å². The Morgan fingerprint density at radius 1 is 0.789 bits per heavy atom. The fraction of sp³-hybridized carbons (Fsp3) is 0.294. The maximum atomic E-state index is 5.68. The fourth-order valence-electron chi connectivity index (χ4n) is 1.52. The molecule has 2 aromatic rings. The van der Waals surface area contributed by atoms with Gasteiger partial charge in [-0.3, -0.25) is 0 Å². The summed E-state index contributed by atoms with van der Waals surface area (Å²) >= 11 is 0. The largest absolute Gasteiger partial charge is 0.497 e. The number of benzene rings is 2. The monoisotopic (exact) mass is 258 g/mol. The summed E-state index contributed by atoms with van der Waals surface area (Å²) in [5, 5.41) is 0. The van der Waals surface area contributed by atoms with Crippen LogP contribution in [0.4, 0.5) is 0 Å². The third-order valence-electron chi connectivity index (χ3n) is 2.59. The van der Waals surface area contributed by atoms with Crippen LogP contribution in [0.25, 0.3) is 0 Å². The van der Waals surface area contributed by atoms with Crippen molar-refractivity contribution in [3.8, 4) is 11.5 Å². The van der Waals surface area contributed by atoms with Crippen molar-refractivity contribution in [2.75, 3.05) is 7.11 Å². The summed E-state index contributed by atoms with van der Waals surface area (Å²) in [6.07, 6.45) is 0. The van der Waals surface area contributed by atoms with Crippen LogP contribution in [0, 0.1) is 6.92 Å². The maximum absolute atomic E-state index is 5.68. The Kier molecular flexibility index (Phi) is 6.51. The molecular weight excluding hydrogens is 236 g/mol. The SMILES string of the molecule is CC.COc1ccc(COc2ccc(C)cc2)cc1. The highest BCUT2D eigenvalue weighted by molar-refractivity contribution is 5.29. The molecule has 0 fully saturated rings. The molecule has 0 heterocycles. The van der Waals surface area contributed by atoms with E-state index >= 15 is 0 Å². The van der Waals surface area contributed by atoms with Gasteiger partial charge in [0.15, 0.2) is 0 Å². The summed E-state index contributed by atoms with van der Waals surface area (Å²) in [6, 6.07) is 16.0. The summed E-state index contributed by atoms with van der Waals surface area (Å²) in [4.78, 5) is 0. The summed E-state index contributed by atoms with van der Waals surface area (Å²) < 4.78 is 10.8. The molecule has 0 aliphatic carbocycles. The molecule has 0 saturated carbocycles.